The van der Waals surface area contributed by atoms with Crippen molar-refractivity contribution in [1.82, 2.24) is 25.8 Å². The fraction of sp³-hybridized carbons (Fsp3) is 0.259. The van der Waals surface area contributed by atoms with Gasteiger partial charge in [0.05, 0.1) is 22.0 Å². The van der Waals surface area contributed by atoms with Crippen LogP contribution < -0.4 is 16.4 Å². The van der Waals surface area contributed by atoms with Gasteiger partial charge in [-0.1, -0.05) is 41.6 Å². The summed E-state index contributed by atoms with van der Waals surface area (Å²) in [6.45, 7) is 3.72. The molecule has 4 aromatic rings. The number of rotatable bonds is 8. The molecule has 0 spiro atoms. The van der Waals surface area contributed by atoms with Crippen molar-refractivity contribution in [1.29, 1.82) is 0 Å². The van der Waals surface area contributed by atoms with Gasteiger partial charge in [0.25, 0.3) is 0 Å². The topological polar surface area (TPSA) is 153 Å². The first-order chi connectivity index (χ1) is 18.2. The number of hydrogen-bond donors (Lipinski definition) is 3. The van der Waals surface area contributed by atoms with E-state index in [0.29, 0.717) is 41.0 Å². The maximum Gasteiger partial charge on any atom is 0.315 e. The predicted molar refractivity (Wildman–Crippen MR) is 144 cm³/mol. The highest BCUT2D eigenvalue weighted by molar-refractivity contribution is 7.92. The maximum absolute atomic E-state index is 12.4. The number of anilines is 1. The Hall–Kier alpha value is -4.25. The number of nitrogens with zero attached hydrogens (tertiary/aromatic N) is 3. The number of nitrogen functional groups attached to an aromatic ring is 1. The van der Waals surface area contributed by atoms with Crippen molar-refractivity contribution in [2.45, 2.75) is 49.4 Å². The molecule has 38 heavy (non-hydrogen) atoms. The number of hydrogen-bond acceptors (Lipinski definition) is 8. The lowest BCUT2D eigenvalue weighted by molar-refractivity contribution is 0.240. The molecule has 1 saturated carbocycles. The highest BCUT2D eigenvalue weighted by atomic mass is 32.2. The summed E-state index contributed by atoms with van der Waals surface area (Å²) >= 11 is 0. The van der Waals surface area contributed by atoms with Gasteiger partial charge in [-0.15, -0.1) is 0 Å². The maximum atomic E-state index is 12.4. The first-order valence-electron chi connectivity index (χ1n) is 12.3. The molecule has 0 radical (unpaired) electrons. The van der Waals surface area contributed by atoms with Crippen molar-refractivity contribution in [3.63, 3.8) is 0 Å². The Bertz CT molecular complexity index is 1560. The van der Waals surface area contributed by atoms with Crippen molar-refractivity contribution >= 4 is 21.7 Å². The van der Waals surface area contributed by atoms with Crippen LogP contribution in [0.25, 0.3) is 34.0 Å². The number of nitrogens with one attached hydrogen (secondary N) is 2. The third-order valence-corrected chi connectivity index (χ3v) is 8.43. The molecule has 4 N–H and O–H groups in total. The van der Waals surface area contributed by atoms with Gasteiger partial charge in [0.15, 0.2) is 27.1 Å². The molecular weight excluding hydrogens is 504 g/mol. The van der Waals surface area contributed by atoms with E-state index in [9.17, 15) is 13.2 Å². The second kappa shape index (κ2) is 10.3. The van der Waals surface area contributed by atoms with E-state index < -0.39 is 15.1 Å². The lowest BCUT2D eigenvalue weighted by atomic mass is 10.1. The van der Waals surface area contributed by atoms with E-state index in [0.717, 1.165) is 24.0 Å². The second-order valence-electron chi connectivity index (χ2n) is 9.48. The first-order valence-corrected chi connectivity index (χ1v) is 13.8. The number of aromatic nitrogens is 3. The average Bonchev–Trinajstić information content (AvgIpc) is 3.59. The molecule has 1 fully saturated rings. The Kier molecular flexibility index (Phi) is 6.85. The van der Waals surface area contributed by atoms with Gasteiger partial charge in [-0.2, -0.15) is 0 Å². The van der Waals surface area contributed by atoms with Crippen LogP contribution in [-0.4, -0.2) is 40.9 Å². The van der Waals surface area contributed by atoms with Crippen LogP contribution in [0.4, 0.5) is 10.6 Å². The standard InChI is InChI=1S/C27H28N6O4S/c1-16(2)38(35,36)21-11-7-19(8-12-21)23-15-29-26(28)25(32-23)24-13-22(33-37-24)18-5-3-17(4-6-18)14-30-27(34)31-20-9-10-20/h3-8,11-13,15-16,20H,9-10,14H2,1-2H3,(H2,28,29)(H2,30,31,34). The third kappa shape index (κ3) is 5.52. The summed E-state index contributed by atoms with van der Waals surface area (Å²) in [5.41, 5.74) is 10.0. The van der Waals surface area contributed by atoms with E-state index in [1.807, 2.05) is 24.3 Å². The number of benzene rings is 2. The molecule has 0 bridgehead atoms. The lowest BCUT2D eigenvalue weighted by Crippen LogP contribution is -2.36. The second-order valence-corrected chi connectivity index (χ2v) is 12.0. The normalized spacial score (nSPS) is 13.4. The Morgan fingerprint density at radius 2 is 1.71 bits per heavy atom. The van der Waals surface area contributed by atoms with E-state index in [1.165, 1.54) is 6.20 Å². The van der Waals surface area contributed by atoms with Gasteiger partial charge in [0.1, 0.15) is 5.69 Å². The van der Waals surface area contributed by atoms with E-state index in [2.05, 4.69) is 25.8 Å². The molecule has 196 valence electrons. The van der Waals surface area contributed by atoms with Gasteiger partial charge in [0, 0.05) is 29.8 Å². The van der Waals surface area contributed by atoms with E-state index in [1.54, 1.807) is 44.2 Å². The molecule has 0 saturated heterocycles. The highest BCUT2D eigenvalue weighted by Gasteiger charge is 2.23. The summed E-state index contributed by atoms with van der Waals surface area (Å²) in [6.07, 6.45) is 3.61. The fourth-order valence-corrected chi connectivity index (χ4v) is 4.83. The van der Waals surface area contributed by atoms with Crippen LogP contribution in [-0.2, 0) is 16.4 Å². The molecule has 2 heterocycles. The Labute approximate surface area is 220 Å². The quantitative estimate of drug-likeness (QED) is 0.305. The Morgan fingerprint density at radius 1 is 1.05 bits per heavy atom. The van der Waals surface area contributed by atoms with Crippen LogP contribution in [0, 0.1) is 0 Å². The number of urea groups is 1. The van der Waals surface area contributed by atoms with Crippen LogP contribution >= 0.6 is 0 Å². The minimum Gasteiger partial charge on any atom is -0.382 e. The molecule has 0 unspecified atom stereocenters. The van der Waals surface area contributed by atoms with E-state index in [-0.39, 0.29) is 16.7 Å². The Morgan fingerprint density at radius 3 is 2.37 bits per heavy atom. The summed E-state index contributed by atoms with van der Waals surface area (Å²) in [5.74, 6) is 0.537. The minimum absolute atomic E-state index is 0.157. The third-order valence-electron chi connectivity index (χ3n) is 6.26. The Balaban J connectivity index is 1.31. The number of nitrogens with two attached hydrogens (primary N) is 1. The molecule has 2 aromatic heterocycles. The molecular formula is C27H28N6O4S. The van der Waals surface area contributed by atoms with Crippen LogP contribution in [0.1, 0.15) is 32.3 Å². The molecule has 0 aliphatic heterocycles. The SMILES string of the molecule is CC(C)S(=O)(=O)c1ccc(-c2cnc(N)c(-c3cc(-c4ccc(CNC(=O)NC5CC5)cc4)no3)n2)cc1. The fourth-order valence-electron chi connectivity index (χ4n) is 3.77. The van der Waals surface area contributed by atoms with Gasteiger partial charge in [-0.05, 0) is 44.4 Å². The monoisotopic (exact) mass is 532 g/mol. The van der Waals surface area contributed by atoms with Crippen LogP contribution in [0.2, 0.25) is 0 Å². The number of carbonyl (C=O) groups is 1. The van der Waals surface area contributed by atoms with Crippen LogP contribution in [0.5, 0.6) is 0 Å². The van der Waals surface area contributed by atoms with E-state index >= 15 is 0 Å². The van der Waals surface area contributed by atoms with Gasteiger partial charge < -0.3 is 20.9 Å². The molecule has 11 heteroatoms. The van der Waals surface area contributed by atoms with Gasteiger partial charge >= 0.3 is 6.03 Å². The van der Waals surface area contributed by atoms with Gasteiger partial charge in [-0.25, -0.2) is 23.2 Å². The molecule has 2 aromatic carbocycles. The number of carbonyl (C=O) groups excluding carboxylic acids is 1. The molecule has 0 atom stereocenters. The van der Waals surface area contributed by atoms with Crippen LogP contribution in [0.3, 0.4) is 0 Å². The first kappa shape index (κ1) is 25.4. The van der Waals surface area contributed by atoms with Crippen LogP contribution in [0.15, 0.2) is 70.2 Å². The largest absolute Gasteiger partial charge is 0.382 e. The summed E-state index contributed by atoms with van der Waals surface area (Å²) in [6, 6.07) is 16.0. The van der Waals surface area contributed by atoms with Crippen molar-refractivity contribution in [3.8, 4) is 34.0 Å². The molecule has 2 amide bonds. The zero-order chi connectivity index (χ0) is 26.9. The zero-order valence-corrected chi connectivity index (χ0v) is 21.8. The van der Waals surface area contributed by atoms with Gasteiger partial charge in [-0.3, -0.25) is 0 Å². The average molecular weight is 533 g/mol. The summed E-state index contributed by atoms with van der Waals surface area (Å²) in [7, 11) is -3.37. The lowest BCUT2D eigenvalue weighted by Gasteiger charge is -2.09. The van der Waals surface area contributed by atoms with Crippen molar-refractivity contribution in [2.75, 3.05) is 5.73 Å². The zero-order valence-electron chi connectivity index (χ0n) is 21.0. The molecule has 1 aliphatic carbocycles. The number of sulfone groups is 1. The highest BCUT2D eigenvalue weighted by Crippen LogP contribution is 2.30. The van der Waals surface area contributed by atoms with E-state index in [4.69, 9.17) is 10.3 Å². The van der Waals surface area contributed by atoms with Gasteiger partial charge in [0.2, 0.25) is 0 Å². The molecule has 5 rings (SSSR count). The van der Waals surface area contributed by atoms with Crippen molar-refractivity contribution in [2.24, 2.45) is 0 Å². The summed E-state index contributed by atoms with van der Waals surface area (Å²) in [4.78, 5) is 20.9. The summed E-state index contributed by atoms with van der Waals surface area (Å²) in [5, 5.41) is 9.39. The molecule has 10 nitrogen and oxygen atoms in total. The minimum atomic E-state index is -3.37. The molecule has 1 aliphatic rings. The number of amides is 2. The van der Waals surface area contributed by atoms with Crippen molar-refractivity contribution < 1.29 is 17.7 Å². The smallest absolute Gasteiger partial charge is 0.315 e. The summed E-state index contributed by atoms with van der Waals surface area (Å²) < 4.78 is 30.4. The van der Waals surface area contributed by atoms with Crippen molar-refractivity contribution in [3.05, 3.63) is 66.4 Å². The predicted octanol–water partition coefficient (Wildman–Crippen LogP) is 4.19.